The number of alkyl halides is 3. The summed E-state index contributed by atoms with van der Waals surface area (Å²) >= 11 is 0. The van der Waals surface area contributed by atoms with Crippen LogP contribution in [-0.4, -0.2) is 39.3 Å². The van der Waals surface area contributed by atoms with Crippen LogP contribution in [0.4, 0.5) is 18.9 Å². The molecule has 2 aliphatic rings. The number of halogens is 3. The molecule has 2 fully saturated rings. The van der Waals surface area contributed by atoms with E-state index >= 15 is 0 Å². The Balaban J connectivity index is 1.72. The van der Waals surface area contributed by atoms with E-state index in [1.54, 1.807) is 0 Å². The fraction of sp³-hybridized carbons (Fsp3) is 0.500. The number of nitrogens with zero attached hydrogens (tertiary/aromatic N) is 3. The zero-order chi connectivity index (χ0) is 22.3. The third kappa shape index (κ3) is 4.55. The number of nitrogens with two attached hydrogens (primary N) is 1. The average molecular weight is 437 g/mol. The predicted octanol–water partition coefficient (Wildman–Crippen LogP) is 2.95. The van der Waals surface area contributed by atoms with Gasteiger partial charge in [-0.25, -0.2) is 0 Å². The van der Waals surface area contributed by atoms with Crippen molar-refractivity contribution in [3.05, 3.63) is 41.0 Å². The van der Waals surface area contributed by atoms with Gasteiger partial charge in [-0.1, -0.05) is 0 Å². The van der Waals surface area contributed by atoms with Crippen molar-refractivity contribution in [3.8, 4) is 0 Å². The molecular formula is C20H22F3N5O3. The van der Waals surface area contributed by atoms with Gasteiger partial charge >= 0.3 is 6.18 Å². The van der Waals surface area contributed by atoms with Crippen LogP contribution in [0.3, 0.4) is 0 Å². The largest absolute Gasteiger partial charge is 0.420 e. The molecule has 3 heterocycles. The number of primary amides is 1. The first kappa shape index (κ1) is 21.3. The predicted molar refractivity (Wildman–Crippen MR) is 103 cm³/mol. The van der Waals surface area contributed by atoms with E-state index in [4.69, 9.17) is 10.5 Å². The van der Waals surface area contributed by atoms with Crippen molar-refractivity contribution < 1.29 is 27.5 Å². The van der Waals surface area contributed by atoms with E-state index in [-0.39, 0.29) is 41.6 Å². The first-order chi connectivity index (χ1) is 14.6. The molecule has 0 radical (unpaired) electrons. The maximum Gasteiger partial charge on any atom is 0.420 e. The Hall–Kier alpha value is -2.95. The molecule has 31 heavy (non-hydrogen) atoms. The van der Waals surface area contributed by atoms with Crippen LogP contribution in [0, 0.1) is 5.92 Å². The van der Waals surface area contributed by atoms with Crippen molar-refractivity contribution in [2.24, 2.45) is 11.7 Å². The molecule has 0 aromatic carbocycles. The van der Waals surface area contributed by atoms with Gasteiger partial charge in [0, 0.05) is 30.3 Å². The molecule has 4 rings (SSSR count). The summed E-state index contributed by atoms with van der Waals surface area (Å²) in [5, 5.41) is 6.66. The van der Waals surface area contributed by atoms with Crippen LogP contribution in [0.5, 0.6) is 0 Å². The van der Waals surface area contributed by atoms with Crippen LogP contribution in [0.2, 0.25) is 0 Å². The number of amides is 2. The molecule has 2 aromatic rings. The Labute approximate surface area is 176 Å². The van der Waals surface area contributed by atoms with E-state index in [1.165, 1.54) is 18.3 Å². The van der Waals surface area contributed by atoms with Crippen molar-refractivity contribution in [1.29, 1.82) is 0 Å². The first-order valence-corrected chi connectivity index (χ1v) is 10.00. The molecular weight excluding hydrogens is 415 g/mol. The van der Waals surface area contributed by atoms with Gasteiger partial charge in [0.05, 0.1) is 18.4 Å². The van der Waals surface area contributed by atoms with Crippen LogP contribution in [0.1, 0.15) is 64.3 Å². The number of carbonyl (C=O) groups excluding carboxylic acids is 2. The normalized spacial score (nSPS) is 21.3. The summed E-state index contributed by atoms with van der Waals surface area (Å²) in [6, 6.07) is 2.58. The van der Waals surface area contributed by atoms with Crippen LogP contribution in [0.15, 0.2) is 18.3 Å². The molecule has 166 valence electrons. The summed E-state index contributed by atoms with van der Waals surface area (Å²) < 4.78 is 48.8. The number of anilines is 1. The Morgan fingerprint density at radius 3 is 2.68 bits per heavy atom. The average Bonchev–Trinajstić information content (AvgIpc) is 3.34. The minimum atomic E-state index is -4.74. The molecule has 8 nitrogen and oxygen atoms in total. The number of pyridine rings is 1. The van der Waals surface area contributed by atoms with E-state index in [0.717, 1.165) is 4.68 Å². The number of hydrogen-bond acceptors (Lipinski definition) is 5. The van der Waals surface area contributed by atoms with Gasteiger partial charge in [-0.05, 0) is 38.3 Å². The smallest absolute Gasteiger partial charge is 0.378 e. The molecule has 3 N–H and O–H groups in total. The summed E-state index contributed by atoms with van der Waals surface area (Å²) in [5.74, 6) is -2.12. The summed E-state index contributed by atoms with van der Waals surface area (Å²) in [5.41, 5.74) is 3.57. The van der Waals surface area contributed by atoms with Gasteiger partial charge in [0.2, 0.25) is 0 Å². The SMILES string of the molecule is CC1CC(Cn2nc(C3CC3)c(C(F)(F)F)c2C(=O)Nc2ccnc(C(N)=O)c2)CO1. The van der Waals surface area contributed by atoms with Gasteiger partial charge in [-0.2, -0.15) is 18.3 Å². The first-order valence-electron chi connectivity index (χ1n) is 10.00. The molecule has 11 heteroatoms. The molecule has 0 bridgehead atoms. The zero-order valence-electron chi connectivity index (χ0n) is 16.8. The molecule has 2 aromatic heterocycles. The van der Waals surface area contributed by atoms with E-state index in [1.807, 2.05) is 6.92 Å². The lowest BCUT2D eigenvalue weighted by Gasteiger charge is -2.14. The van der Waals surface area contributed by atoms with Crippen LogP contribution in [0.25, 0.3) is 0 Å². The molecule has 1 aliphatic carbocycles. The maximum absolute atomic E-state index is 14.0. The topological polar surface area (TPSA) is 112 Å². The van der Waals surface area contributed by atoms with Gasteiger partial charge in [-0.15, -0.1) is 0 Å². The van der Waals surface area contributed by atoms with Crippen LogP contribution >= 0.6 is 0 Å². The van der Waals surface area contributed by atoms with Crippen LogP contribution < -0.4 is 11.1 Å². The Morgan fingerprint density at radius 2 is 2.10 bits per heavy atom. The Bertz CT molecular complexity index is 1020. The molecule has 1 saturated heterocycles. The standard InChI is InChI=1S/C20H22F3N5O3/c1-10-6-11(9-31-10)8-28-17(15(20(21,22)23)16(27-28)12-2-3-12)19(30)26-13-4-5-25-14(7-13)18(24)29/h4-5,7,10-12H,2-3,6,8-9H2,1H3,(H2,24,29)(H,25,26,30). The fourth-order valence-corrected chi connectivity index (χ4v) is 3.88. The molecule has 1 aliphatic heterocycles. The number of nitrogens with one attached hydrogen (secondary N) is 1. The number of carbonyl (C=O) groups is 2. The lowest BCUT2D eigenvalue weighted by Crippen LogP contribution is -2.24. The third-order valence-corrected chi connectivity index (χ3v) is 5.43. The lowest BCUT2D eigenvalue weighted by atomic mass is 10.1. The second-order valence-corrected chi connectivity index (χ2v) is 8.06. The monoisotopic (exact) mass is 437 g/mol. The van der Waals surface area contributed by atoms with Crippen molar-refractivity contribution in [1.82, 2.24) is 14.8 Å². The maximum atomic E-state index is 14.0. The van der Waals surface area contributed by atoms with Gasteiger partial charge in [0.1, 0.15) is 17.0 Å². The van der Waals surface area contributed by atoms with E-state index < -0.39 is 29.2 Å². The van der Waals surface area contributed by atoms with Crippen LogP contribution in [-0.2, 0) is 17.5 Å². The van der Waals surface area contributed by atoms with Gasteiger partial charge in [0.25, 0.3) is 11.8 Å². The quantitative estimate of drug-likeness (QED) is 0.722. The minimum Gasteiger partial charge on any atom is -0.378 e. The number of aromatic nitrogens is 3. The molecule has 2 atom stereocenters. The van der Waals surface area contributed by atoms with Gasteiger partial charge in [-0.3, -0.25) is 19.3 Å². The highest BCUT2D eigenvalue weighted by Crippen LogP contribution is 2.47. The Morgan fingerprint density at radius 1 is 1.35 bits per heavy atom. The number of ether oxygens (including phenoxy) is 1. The van der Waals surface area contributed by atoms with Gasteiger partial charge < -0.3 is 15.8 Å². The molecule has 1 saturated carbocycles. The van der Waals surface area contributed by atoms with Crippen molar-refractivity contribution in [3.63, 3.8) is 0 Å². The molecule has 2 unspecified atom stereocenters. The van der Waals surface area contributed by atoms with Crippen molar-refractivity contribution >= 4 is 17.5 Å². The lowest BCUT2D eigenvalue weighted by molar-refractivity contribution is -0.138. The highest BCUT2D eigenvalue weighted by molar-refractivity contribution is 6.05. The highest BCUT2D eigenvalue weighted by Gasteiger charge is 2.46. The number of rotatable bonds is 6. The number of hydrogen-bond donors (Lipinski definition) is 2. The molecule has 0 spiro atoms. The summed E-state index contributed by atoms with van der Waals surface area (Å²) in [6.07, 6.45) is -1.60. The second kappa shape index (κ2) is 7.95. The minimum absolute atomic E-state index is 0.00636. The fourth-order valence-electron chi connectivity index (χ4n) is 3.88. The summed E-state index contributed by atoms with van der Waals surface area (Å²) in [7, 11) is 0. The van der Waals surface area contributed by atoms with Crippen molar-refractivity contribution in [2.75, 3.05) is 11.9 Å². The zero-order valence-corrected chi connectivity index (χ0v) is 16.8. The highest BCUT2D eigenvalue weighted by atomic mass is 19.4. The summed E-state index contributed by atoms with van der Waals surface area (Å²) in [4.78, 5) is 28.1. The van der Waals surface area contributed by atoms with E-state index in [2.05, 4.69) is 15.4 Å². The Kier molecular flexibility index (Phi) is 5.46. The summed E-state index contributed by atoms with van der Waals surface area (Å²) in [6.45, 7) is 2.44. The second-order valence-electron chi connectivity index (χ2n) is 8.06. The van der Waals surface area contributed by atoms with Crippen molar-refractivity contribution in [2.45, 2.75) is 50.9 Å². The van der Waals surface area contributed by atoms with E-state index in [0.29, 0.717) is 25.9 Å². The van der Waals surface area contributed by atoms with Gasteiger partial charge in [0.15, 0.2) is 0 Å². The third-order valence-electron chi connectivity index (χ3n) is 5.43. The molecule has 2 amide bonds. The van der Waals surface area contributed by atoms with E-state index in [9.17, 15) is 22.8 Å².